The van der Waals surface area contributed by atoms with Crippen molar-refractivity contribution in [2.24, 2.45) is 0 Å². The van der Waals surface area contributed by atoms with E-state index in [1.54, 1.807) is 7.11 Å². The first kappa shape index (κ1) is 14.5. The van der Waals surface area contributed by atoms with Crippen LogP contribution in [0.5, 0.6) is 5.75 Å². The molecule has 1 aromatic carbocycles. The second-order valence-corrected chi connectivity index (χ2v) is 5.41. The largest absolute Gasteiger partial charge is 0.497 e. The van der Waals surface area contributed by atoms with Crippen molar-refractivity contribution in [1.29, 1.82) is 0 Å². The number of benzene rings is 1. The van der Waals surface area contributed by atoms with E-state index in [-0.39, 0.29) is 10.7 Å². The Balaban J connectivity index is 2.41. The fourth-order valence-electron chi connectivity index (χ4n) is 1.27. The number of carbonyl (C=O) groups excluding carboxylic acids is 1. The lowest BCUT2D eigenvalue weighted by Gasteiger charge is -2.09. The molecule has 0 aromatic heterocycles. The predicted molar refractivity (Wildman–Crippen MR) is 76.0 cm³/mol. The maximum atomic E-state index is 11.6. The van der Waals surface area contributed by atoms with Gasteiger partial charge in [0.2, 0.25) is 5.91 Å². The van der Waals surface area contributed by atoms with E-state index in [4.69, 9.17) is 4.74 Å². The zero-order chi connectivity index (χ0) is 12.7. The summed E-state index contributed by atoms with van der Waals surface area (Å²) in [5.74, 6) is 0.831. The van der Waals surface area contributed by atoms with E-state index in [2.05, 4.69) is 37.2 Å². The van der Waals surface area contributed by atoms with Gasteiger partial charge in [-0.15, -0.1) is 0 Å². The molecule has 0 heterocycles. The lowest BCUT2D eigenvalue weighted by molar-refractivity contribution is -0.120. The molecule has 94 valence electrons. The lowest BCUT2D eigenvalue weighted by Crippen LogP contribution is -2.30. The van der Waals surface area contributed by atoms with E-state index in [9.17, 15) is 4.79 Å². The van der Waals surface area contributed by atoms with Crippen LogP contribution in [0.2, 0.25) is 0 Å². The molecule has 5 heteroatoms. The van der Waals surface area contributed by atoms with Crippen molar-refractivity contribution in [3.63, 3.8) is 0 Å². The second-order valence-electron chi connectivity index (χ2n) is 3.51. The SMILES string of the molecule is COc1ccc(CNC(=O)C(Br)CCBr)cc1. The molecule has 1 aromatic rings. The first-order chi connectivity index (χ1) is 8.17. The minimum Gasteiger partial charge on any atom is -0.497 e. The van der Waals surface area contributed by atoms with Gasteiger partial charge in [0.1, 0.15) is 5.75 Å². The molecule has 0 saturated carbocycles. The van der Waals surface area contributed by atoms with Gasteiger partial charge in [0.05, 0.1) is 11.9 Å². The zero-order valence-electron chi connectivity index (χ0n) is 9.58. The van der Waals surface area contributed by atoms with Crippen LogP contribution in [0.4, 0.5) is 0 Å². The van der Waals surface area contributed by atoms with Crippen molar-refractivity contribution < 1.29 is 9.53 Å². The van der Waals surface area contributed by atoms with E-state index >= 15 is 0 Å². The highest BCUT2D eigenvalue weighted by atomic mass is 79.9. The van der Waals surface area contributed by atoms with Crippen LogP contribution in [-0.2, 0) is 11.3 Å². The van der Waals surface area contributed by atoms with Crippen molar-refractivity contribution in [3.8, 4) is 5.75 Å². The third kappa shape index (κ3) is 5.08. The Morgan fingerprint density at radius 1 is 1.41 bits per heavy atom. The molecular weight excluding hydrogens is 350 g/mol. The summed E-state index contributed by atoms with van der Waals surface area (Å²) in [7, 11) is 1.63. The Labute approximate surface area is 118 Å². The number of carbonyl (C=O) groups is 1. The molecule has 0 aliphatic carbocycles. The minimum absolute atomic E-state index is 0.0141. The summed E-state index contributed by atoms with van der Waals surface area (Å²) in [4.78, 5) is 11.5. The normalized spacial score (nSPS) is 11.9. The molecule has 1 amide bonds. The highest BCUT2D eigenvalue weighted by Gasteiger charge is 2.12. The van der Waals surface area contributed by atoms with Crippen molar-refractivity contribution in [2.45, 2.75) is 17.8 Å². The molecular formula is C12H15Br2NO2. The van der Waals surface area contributed by atoms with Crippen molar-refractivity contribution in [3.05, 3.63) is 29.8 Å². The fraction of sp³-hybridized carbons (Fsp3) is 0.417. The molecule has 0 bridgehead atoms. The van der Waals surface area contributed by atoms with Crippen LogP contribution in [0.25, 0.3) is 0 Å². The topological polar surface area (TPSA) is 38.3 Å². The standard InChI is InChI=1S/C12H15Br2NO2/c1-17-10-4-2-9(3-5-10)8-15-12(16)11(14)6-7-13/h2-5,11H,6-8H2,1H3,(H,15,16). The summed E-state index contributed by atoms with van der Waals surface area (Å²) >= 11 is 6.64. The first-order valence-electron chi connectivity index (χ1n) is 5.28. The van der Waals surface area contributed by atoms with E-state index in [0.29, 0.717) is 6.54 Å². The van der Waals surface area contributed by atoms with Gasteiger partial charge in [0.25, 0.3) is 0 Å². The quantitative estimate of drug-likeness (QED) is 0.788. The number of amides is 1. The number of nitrogens with one attached hydrogen (secondary N) is 1. The smallest absolute Gasteiger partial charge is 0.234 e. The first-order valence-corrected chi connectivity index (χ1v) is 7.31. The maximum absolute atomic E-state index is 11.6. The highest BCUT2D eigenvalue weighted by Crippen LogP contribution is 2.12. The molecule has 0 aliphatic heterocycles. The highest BCUT2D eigenvalue weighted by molar-refractivity contribution is 9.10. The van der Waals surface area contributed by atoms with Gasteiger partial charge in [0.15, 0.2) is 0 Å². The molecule has 1 N–H and O–H groups in total. The molecule has 0 aliphatic rings. The predicted octanol–water partition coefficient (Wildman–Crippen LogP) is 2.86. The maximum Gasteiger partial charge on any atom is 0.234 e. The van der Waals surface area contributed by atoms with E-state index < -0.39 is 0 Å². The molecule has 0 radical (unpaired) electrons. The third-order valence-corrected chi connectivity index (χ3v) is 3.60. The summed E-state index contributed by atoms with van der Waals surface area (Å²) in [5, 5.41) is 3.68. The van der Waals surface area contributed by atoms with Crippen LogP contribution in [0.1, 0.15) is 12.0 Å². The number of rotatable bonds is 6. The van der Waals surface area contributed by atoms with Crippen LogP contribution < -0.4 is 10.1 Å². The summed E-state index contributed by atoms with van der Waals surface area (Å²) < 4.78 is 5.06. The zero-order valence-corrected chi connectivity index (χ0v) is 12.8. The van der Waals surface area contributed by atoms with E-state index in [1.807, 2.05) is 24.3 Å². The summed E-state index contributed by atoms with van der Waals surface area (Å²) in [6, 6.07) is 7.64. The Bertz CT molecular complexity index is 354. The van der Waals surface area contributed by atoms with Gasteiger partial charge in [-0.1, -0.05) is 44.0 Å². The minimum atomic E-state index is -0.139. The number of alkyl halides is 2. The second kappa shape index (κ2) is 7.71. The number of halogens is 2. The lowest BCUT2D eigenvalue weighted by atomic mass is 10.2. The number of methoxy groups -OCH3 is 1. The van der Waals surface area contributed by atoms with Gasteiger partial charge >= 0.3 is 0 Å². The van der Waals surface area contributed by atoms with Crippen molar-refractivity contribution in [2.75, 3.05) is 12.4 Å². The molecule has 0 fully saturated rings. The molecule has 1 rings (SSSR count). The third-order valence-electron chi connectivity index (χ3n) is 2.27. The Kier molecular flexibility index (Phi) is 6.58. The van der Waals surface area contributed by atoms with E-state index in [1.165, 1.54) is 0 Å². The molecule has 1 atom stereocenters. The molecule has 0 saturated heterocycles. The van der Waals surface area contributed by atoms with Gasteiger partial charge in [0, 0.05) is 11.9 Å². The fourth-order valence-corrected chi connectivity index (χ4v) is 2.73. The average Bonchev–Trinajstić information content (AvgIpc) is 2.36. The average molecular weight is 365 g/mol. The van der Waals surface area contributed by atoms with Gasteiger partial charge in [-0.3, -0.25) is 4.79 Å². The number of hydrogen-bond acceptors (Lipinski definition) is 2. The Morgan fingerprint density at radius 3 is 2.59 bits per heavy atom. The summed E-state index contributed by atoms with van der Waals surface area (Å²) in [6.45, 7) is 0.535. The molecule has 1 unspecified atom stereocenters. The number of ether oxygens (including phenoxy) is 1. The van der Waals surface area contributed by atoms with Gasteiger partial charge < -0.3 is 10.1 Å². The molecule has 17 heavy (non-hydrogen) atoms. The number of hydrogen-bond donors (Lipinski definition) is 1. The van der Waals surface area contributed by atoms with Crippen molar-refractivity contribution in [1.82, 2.24) is 5.32 Å². The van der Waals surface area contributed by atoms with Crippen LogP contribution in [0.3, 0.4) is 0 Å². The molecule has 3 nitrogen and oxygen atoms in total. The van der Waals surface area contributed by atoms with Gasteiger partial charge in [-0.2, -0.15) is 0 Å². The van der Waals surface area contributed by atoms with Crippen LogP contribution in [-0.4, -0.2) is 23.2 Å². The van der Waals surface area contributed by atoms with Crippen LogP contribution >= 0.6 is 31.9 Å². The van der Waals surface area contributed by atoms with Crippen molar-refractivity contribution >= 4 is 37.8 Å². The van der Waals surface area contributed by atoms with Gasteiger partial charge in [-0.05, 0) is 24.1 Å². The summed E-state index contributed by atoms with van der Waals surface area (Å²) in [5.41, 5.74) is 1.05. The van der Waals surface area contributed by atoms with E-state index in [0.717, 1.165) is 23.1 Å². The van der Waals surface area contributed by atoms with Crippen LogP contribution in [0, 0.1) is 0 Å². The summed E-state index contributed by atoms with van der Waals surface area (Å²) in [6.07, 6.45) is 0.772. The molecule has 0 spiro atoms. The Hall–Kier alpha value is -0.550. The van der Waals surface area contributed by atoms with Crippen LogP contribution in [0.15, 0.2) is 24.3 Å². The monoisotopic (exact) mass is 363 g/mol. The Morgan fingerprint density at radius 2 is 2.06 bits per heavy atom. The van der Waals surface area contributed by atoms with Gasteiger partial charge in [-0.25, -0.2) is 0 Å².